The normalized spacial score (nSPS) is 13.0. The molecule has 1 aromatic carbocycles. The van der Waals surface area contributed by atoms with E-state index in [4.69, 9.17) is 11.6 Å². The number of carbonyl (C=O) groups excluding carboxylic acids is 1. The van der Waals surface area contributed by atoms with E-state index in [1.807, 2.05) is 0 Å². The van der Waals surface area contributed by atoms with Gasteiger partial charge in [0.25, 0.3) is 0 Å². The number of rotatable bonds is 7. The number of carbonyl (C=O) groups is 1. The predicted molar refractivity (Wildman–Crippen MR) is 87.2 cm³/mol. The van der Waals surface area contributed by atoms with Gasteiger partial charge in [-0.15, -0.1) is 11.6 Å². The summed E-state index contributed by atoms with van der Waals surface area (Å²) in [4.78, 5) is 11.6. The minimum absolute atomic E-state index is 0.0426. The fraction of sp³-hybridized carbons (Fsp3) is 0.500. The number of alkyl halides is 1. The maximum absolute atomic E-state index is 12.0. The first-order chi connectivity index (χ1) is 9.73. The molecular formula is C14H21ClN2O3S. The van der Waals surface area contributed by atoms with E-state index >= 15 is 0 Å². The molecule has 118 valence electrons. The van der Waals surface area contributed by atoms with Gasteiger partial charge in [-0.25, -0.2) is 8.42 Å². The summed E-state index contributed by atoms with van der Waals surface area (Å²) >= 11 is 5.63. The Bertz CT molecular complexity index is 588. The third-order valence-corrected chi connectivity index (χ3v) is 4.78. The summed E-state index contributed by atoms with van der Waals surface area (Å²) in [6.07, 6.45) is 0. The van der Waals surface area contributed by atoms with Crippen LogP contribution in [-0.4, -0.2) is 26.0 Å². The lowest BCUT2D eigenvalue weighted by molar-refractivity contribution is -0.118. The highest BCUT2D eigenvalue weighted by molar-refractivity contribution is 7.92. The summed E-state index contributed by atoms with van der Waals surface area (Å²) in [6, 6.07) is 6.61. The Morgan fingerprint density at radius 1 is 1.24 bits per heavy atom. The molecule has 1 unspecified atom stereocenters. The average Bonchev–Trinajstić information content (AvgIpc) is 2.37. The molecule has 0 heterocycles. The van der Waals surface area contributed by atoms with Gasteiger partial charge in [0.15, 0.2) is 0 Å². The third kappa shape index (κ3) is 6.35. The molecule has 2 N–H and O–H groups in total. The first-order valence-electron chi connectivity index (χ1n) is 6.71. The first-order valence-corrected chi connectivity index (χ1v) is 8.89. The minimum Gasteiger partial charge on any atom is -0.326 e. The molecule has 0 aliphatic rings. The van der Waals surface area contributed by atoms with Crippen molar-refractivity contribution in [3.63, 3.8) is 0 Å². The molecule has 1 amide bonds. The summed E-state index contributed by atoms with van der Waals surface area (Å²) in [5.74, 6) is -0.154. The predicted octanol–water partition coefficient (Wildman–Crippen LogP) is 2.90. The fourth-order valence-electron chi connectivity index (χ4n) is 1.59. The lowest BCUT2D eigenvalue weighted by Crippen LogP contribution is -2.22. The van der Waals surface area contributed by atoms with Crippen LogP contribution in [0.2, 0.25) is 0 Å². The second-order valence-corrected chi connectivity index (χ2v) is 7.44. The molecule has 0 saturated heterocycles. The topological polar surface area (TPSA) is 75.3 Å². The number of halogens is 1. The number of hydrogen-bond donors (Lipinski definition) is 2. The molecule has 0 aliphatic heterocycles. The Hall–Kier alpha value is -1.27. The van der Waals surface area contributed by atoms with Gasteiger partial charge >= 0.3 is 0 Å². The molecule has 0 fully saturated rings. The second-order valence-electron chi connectivity index (χ2n) is 5.37. The molecule has 0 bridgehead atoms. The van der Waals surface area contributed by atoms with Crippen LogP contribution in [0.1, 0.15) is 20.8 Å². The Kier molecular flexibility index (Phi) is 6.48. The molecule has 0 aromatic heterocycles. The van der Waals surface area contributed by atoms with Crippen molar-refractivity contribution in [2.75, 3.05) is 21.7 Å². The van der Waals surface area contributed by atoms with Crippen molar-refractivity contribution >= 4 is 38.9 Å². The van der Waals surface area contributed by atoms with Crippen molar-refractivity contribution in [2.24, 2.45) is 11.8 Å². The van der Waals surface area contributed by atoms with Gasteiger partial charge in [-0.2, -0.15) is 0 Å². The monoisotopic (exact) mass is 332 g/mol. The maximum atomic E-state index is 12.0. The lowest BCUT2D eigenvalue weighted by atomic mass is 10.2. The van der Waals surface area contributed by atoms with Crippen LogP contribution in [0.15, 0.2) is 24.3 Å². The van der Waals surface area contributed by atoms with Crippen molar-refractivity contribution in [3.8, 4) is 0 Å². The highest BCUT2D eigenvalue weighted by Crippen LogP contribution is 2.18. The van der Waals surface area contributed by atoms with E-state index in [1.54, 1.807) is 45.0 Å². The Morgan fingerprint density at radius 2 is 1.86 bits per heavy atom. The van der Waals surface area contributed by atoms with Crippen LogP contribution in [-0.2, 0) is 14.8 Å². The third-order valence-electron chi connectivity index (χ3n) is 2.70. The van der Waals surface area contributed by atoms with Crippen molar-refractivity contribution in [1.29, 1.82) is 0 Å². The molecule has 1 aromatic rings. The maximum Gasteiger partial charge on any atom is 0.233 e. The van der Waals surface area contributed by atoms with E-state index in [9.17, 15) is 13.2 Å². The molecule has 1 rings (SSSR count). The number of sulfonamides is 1. The minimum atomic E-state index is -3.45. The zero-order chi connectivity index (χ0) is 16.0. The van der Waals surface area contributed by atoms with E-state index in [-0.39, 0.29) is 29.4 Å². The van der Waals surface area contributed by atoms with E-state index in [0.717, 1.165) is 0 Å². The number of nitrogens with one attached hydrogen (secondary N) is 2. The van der Waals surface area contributed by atoms with Gasteiger partial charge in [-0.1, -0.05) is 26.8 Å². The van der Waals surface area contributed by atoms with Gasteiger partial charge in [0.1, 0.15) is 0 Å². The molecule has 5 nitrogen and oxygen atoms in total. The number of anilines is 2. The van der Waals surface area contributed by atoms with Crippen LogP contribution in [0.5, 0.6) is 0 Å². The largest absolute Gasteiger partial charge is 0.326 e. The van der Waals surface area contributed by atoms with Crippen LogP contribution in [0, 0.1) is 11.8 Å². The van der Waals surface area contributed by atoms with Gasteiger partial charge in [0.05, 0.1) is 11.4 Å². The Labute approximate surface area is 131 Å². The highest BCUT2D eigenvalue weighted by Gasteiger charge is 2.15. The van der Waals surface area contributed by atoms with E-state index in [0.29, 0.717) is 11.4 Å². The molecule has 0 radical (unpaired) electrons. The SMILES string of the molecule is CC(CCl)CS(=O)(=O)Nc1cccc(NC(=O)C(C)C)c1. The van der Waals surface area contributed by atoms with E-state index < -0.39 is 10.0 Å². The van der Waals surface area contributed by atoms with Crippen molar-refractivity contribution in [3.05, 3.63) is 24.3 Å². The van der Waals surface area contributed by atoms with Gasteiger partial charge < -0.3 is 5.32 Å². The van der Waals surface area contributed by atoms with Crippen LogP contribution in [0.4, 0.5) is 11.4 Å². The van der Waals surface area contributed by atoms with Crippen LogP contribution >= 0.6 is 11.6 Å². The van der Waals surface area contributed by atoms with Crippen molar-refractivity contribution in [2.45, 2.75) is 20.8 Å². The molecule has 0 saturated carbocycles. The molecular weight excluding hydrogens is 312 g/mol. The second kappa shape index (κ2) is 7.66. The van der Waals surface area contributed by atoms with Crippen LogP contribution in [0.25, 0.3) is 0 Å². The van der Waals surface area contributed by atoms with Gasteiger partial charge in [-0.05, 0) is 24.1 Å². The summed E-state index contributed by atoms with van der Waals surface area (Å²) in [7, 11) is -3.45. The van der Waals surface area contributed by atoms with Gasteiger partial charge in [-0.3, -0.25) is 9.52 Å². The Morgan fingerprint density at radius 3 is 2.43 bits per heavy atom. The van der Waals surface area contributed by atoms with Crippen molar-refractivity contribution < 1.29 is 13.2 Å². The smallest absolute Gasteiger partial charge is 0.233 e. The standard InChI is InChI=1S/C14H21ClN2O3S/c1-10(2)14(18)16-12-5-4-6-13(7-12)17-21(19,20)9-11(3)8-15/h4-7,10-11,17H,8-9H2,1-3H3,(H,16,18). The Balaban J connectivity index is 2.79. The lowest BCUT2D eigenvalue weighted by Gasteiger charge is -2.13. The van der Waals surface area contributed by atoms with Crippen molar-refractivity contribution in [1.82, 2.24) is 0 Å². The van der Waals surface area contributed by atoms with Gasteiger partial charge in [0.2, 0.25) is 15.9 Å². The number of amides is 1. The van der Waals surface area contributed by atoms with E-state index in [2.05, 4.69) is 10.0 Å². The summed E-state index contributed by atoms with van der Waals surface area (Å²) in [5, 5.41) is 2.72. The van der Waals surface area contributed by atoms with Gasteiger partial charge in [0, 0.05) is 17.5 Å². The average molecular weight is 333 g/mol. The summed E-state index contributed by atoms with van der Waals surface area (Å²) < 4.78 is 26.4. The molecule has 0 aliphatic carbocycles. The quantitative estimate of drug-likeness (QED) is 0.754. The van der Waals surface area contributed by atoms with E-state index in [1.165, 1.54) is 0 Å². The fourth-order valence-corrected chi connectivity index (χ4v) is 3.26. The van der Waals surface area contributed by atoms with Crippen LogP contribution < -0.4 is 10.0 Å². The molecule has 21 heavy (non-hydrogen) atoms. The molecule has 1 atom stereocenters. The zero-order valence-corrected chi connectivity index (χ0v) is 14.0. The highest BCUT2D eigenvalue weighted by atomic mass is 35.5. The molecule has 7 heteroatoms. The zero-order valence-electron chi connectivity index (χ0n) is 12.4. The number of hydrogen-bond acceptors (Lipinski definition) is 3. The summed E-state index contributed by atoms with van der Waals surface area (Å²) in [6.45, 7) is 5.34. The molecule has 0 spiro atoms. The number of benzene rings is 1. The summed E-state index contributed by atoms with van der Waals surface area (Å²) in [5.41, 5.74) is 0.970. The first kappa shape index (κ1) is 17.8. The van der Waals surface area contributed by atoms with Crippen LogP contribution in [0.3, 0.4) is 0 Å².